The van der Waals surface area contributed by atoms with Gasteiger partial charge in [0.15, 0.2) is 5.82 Å². The summed E-state index contributed by atoms with van der Waals surface area (Å²) in [5.74, 6) is 1.43. The van der Waals surface area contributed by atoms with Crippen LogP contribution in [-0.2, 0) is 0 Å². The molecule has 6 nitrogen and oxygen atoms in total. The maximum Gasteiger partial charge on any atom is 0.248 e. The zero-order valence-corrected chi connectivity index (χ0v) is 8.71. The van der Waals surface area contributed by atoms with E-state index >= 15 is 0 Å². The van der Waals surface area contributed by atoms with Crippen molar-refractivity contribution in [3.63, 3.8) is 0 Å². The number of nitrogen functional groups attached to an aromatic ring is 1. The lowest BCUT2D eigenvalue weighted by Gasteiger charge is -2.08. The predicted octanol–water partition coefficient (Wildman–Crippen LogP) is 1.29. The molecule has 2 heterocycles. The lowest BCUT2D eigenvalue weighted by molar-refractivity contribution is 0.462. The van der Waals surface area contributed by atoms with Gasteiger partial charge in [-0.2, -0.15) is 4.98 Å². The number of nitrogens with two attached hydrogens (primary N) is 1. The van der Waals surface area contributed by atoms with E-state index in [1.807, 2.05) is 0 Å². The highest BCUT2D eigenvalue weighted by molar-refractivity contribution is 5.66. The van der Waals surface area contributed by atoms with Crippen molar-refractivity contribution in [2.75, 3.05) is 18.1 Å². The normalized spacial score (nSPS) is 9.81. The van der Waals surface area contributed by atoms with Crippen molar-refractivity contribution in [2.24, 2.45) is 0 Å². The van der Waals surface area contributed by atoms with Gasteiger partial charge in [0, 0.05) is 13.2 Å². The molecule has 0 spiro atoms. The van der Waals surface area contributed by atoms with E-state index < -0.39 is 0 Å². The average molecular weight is 217 g/mol. The Morgan fingerprint density at radius 2 is 2.25 bits per heavy atom. The van der Waals surface area contributed by atoms with Crippen molar-refractivity contribution in [3.8, 4) is 11.6 Å². The van der Waals surface area contributed by atoms with Crippen molar-refractivity contribution in [1.29, 1.82) is 0 Å². The molecular formula is C10H11N5O. The summed E-state index contributed by atoms with van der Waals surface area (Å²) in [5.41, 5.74) is 6.18. The second-order valence-electron chi connectivity index (χ2n) is 2.98. The number of rotatable bonds is 3. The molecular weight excluding hydrogens is 206 g/mol. The maximum absolute atomic E-state index is 5.81. The molecule has 2 aromatic heterocycles. The standard InChI is InChI=1S/C10H11N5O/c1-12-9-8(11)10(15-6-14-9)16-7-3-2-4-13-5-7/h2-6H,11H2,1H3,(H,12,14,15). The Kier molecular flexibility index (Phi) is 2.81. The quantitative estimate of drug-likeness (QED) is 0.805. The van der Waals surface area contributed by atoms with Crippen LogP contribution in [-0.4, -0.2) is 22.0 Å². The van der Waals surface area contributed by atoms with Gasteiger partial charge in [-0.3, -0.25) is 4.98 Å². The van der Waals surface area contributed by atoms with E-state index in [4.69, 9.17) is 10.5 Å². The molecule has 16 heavy (non-hydrogen) atoms. The minimum absolute atomic E-state index is 0.312. The van der Waals surface area contributed by atoms with Gasteiger partial charge in [-0.1, -0.05) is 0 Å². The number of anilines is 2. The van der Waals surface area contributed by atoms with Gasteiger partial charge in [0.25, 0.3) is 0 Å². The summed E-state index contributed by atoms with van der Waals surface area (Å²) < 4.78 is 5.47. The lowest BCUT2D eigenvalue weighted by atomic mass is 10.4. The van der Waals surface area contributed by atoms with E-state index in [9.17, 15) is 0 Å². The van der Waals surface area contributed by atoms with E-state index in [1.165, 1.54) is 6.33 Å². The van der Waals surface area contributed by atoms with Crippen molar-refractivity contribution >= 4 is 11.5 Å². The number of hydrogen-bond acceptors (Lipinski definition) is 6. The molecule has 0 saturated carbocycles. The number of hydrogen-bond donors (Lipinski definition) is 2. The smallest absolute Gasteiger partial charge is 0.248 e. The minimum atomic E-state index is 0.312. The van der Waals surface area contributed by atoms with Gasteiger partial charge >= 0.3 is 0 Å². The summed E-state index contributed by atoms with van der Waals surface area (Å²) in [6.07, 6.45) is 4.63. The molecule has 2 rings (SSSR count). The van der Waals surface area contributed by atoms with Crippen LogP contribution in [0.3, 0.4) is 0 Å². The Bertz CT molecular complexity index is 474. The molecule has 0 aliphatic heterocycles. The zero-order valence-electron chi connectivity index (χ0n) is 8.71. The molecule has 82 valence electrons. The molecule has 0 unspecified atom stereocenters. The Hall–Kier alpha value is -2.37. The van der Waals surface area contributed by atoms with Crippen LogP contribution in [0.5, 0.6) is 11.6 Å². The van der Waals surface area contributed by atoms with E-state index in [-0.39, 0.29) is 0 Å². The van der Waals surface area contributed by atoms with Gasteiger partial charge in [-0.25, -0.2) is 4.98 Å². The highest BCUT2D eigenvalue weighted by atomic mass is 16.5. The lowest BCUT2D eigenvalue weighted by Crippen LogP contribution is -2.02. The molecule has 0 radical (unpaired) electrons. The van der Waals surface area contributed by atoms with Gasteiger partial charge in [0.05, 0.1) is 6.20 Å². The van der Waals surface area contributed by atoms with Gasteiger partial charge in [-0.05, 0) is 12.1 Å². The van der Waals surface area contributed by atoms with E-state index in [0.29, 0.717) is 23.1 Å². The first-order chi connectivity index (χ1) is 7.81. The van der Waals surface area contributed by atoms with E-state index in [0.717, 1.165) is 0 Å². The van der Waals surface area contributed by atoms with Crippen LogP contribution in [0.2, 0.25) is 0 Å². The van der Waals surface area contributed by atoms with E-state index in [1.54, 1.807) is 31.6 Å². The summed E-state index contributed by atoms with van der Waals surface area (Å²) in [7, 11) is 1.73. The Morgan fingerprint density at radius 1 is 1.38 bits per heavy atom. The largest absolute Gasteiger partial charge is 0.435 e. The SMILES string of the molecule is CNc1ncnc(Oc2cccnc2)c1N. The number of ether oxygens (including phenoxy) is 1. The highest BCUT2D eigenvalue weighted by Gasteiger charge is 2.08. The first-order valence-electron chi connectivity index (χ1n) is 4.67. The molecule has 0 fully saturated rings. The topological polar surface area (TPSA) is 86.0 Å². The average Bonchev–Trinajstić information content (AvgIpc) is 2.33. The number of aromatic nitrogens is 3. The molecule has 0 atom stereocenters. The maximum atomic E-state index is 5.81. The van der Waals surface area contributed by atoms with Gasteiger partial charge in [-0.15, -0.1) is 0 Å². The summed E-state index contributed by atoms with van der Waals surface area (Å²) in [4.78, 5) is 11.8. The Labute approximate surface area is 92.5 Å². The fraction of sp³-hybridized carbons (Fsp3) is 0.100. The zero-order chi connectivity index (χ0) is 11.4. The van der Waals surface area contributed by atoms with Crippen LogP contribution < -0.4 is 15.8 Å². The summed E-state index contributed by atoms with van der Waals surface area (Å²) in [6.45, 7) is 0. The molecule has 0 aliphatic carbocycles. The van der Waals surface area contributed by atoms with E-state index in [2.05, 4.69) is 20.3 Å². The third-order valence-corrected chi connectivity index (χ3v) is 1.93. The van der Waals surface area contributed by atoms with Crippen molar-refractivity contribution in [2.45, 2.75) is 0 Å². The van der Waals surface area contributed by atoms with Crippen molar-refractivity contribution < 1.29 is 4.74 Å². The molecule has 3 N–H and O–H groups in total. The number of pyridine rings is 1. The van der Waals surface area contributed by atoms with Crippen LogP contribution in [0.1, 0.15) is 0 Å². The molecule has 2 aromatic rings. The van der Waals surface area contributed by atoms with Crippen LogP contribution in [0.15, 0.2) is 30.9 Å². The van der Waals surface area contributed by atoms with Gasteiger partial charge in [0.2, 0.25) is 5.88 Å². The van der Waals surface area contributed by atoms with Gasteiger partial charge in [0.1, 0.15) is 17.8 Å². The number of nitrogens with one attached hydrogen (secondary N) is 1. The van der Waals surface area contributed by atoms with Crippen LogP contribution in [0, 0.1) is 0 Å². The molecule has 0 aliphatic rings. The summed E-state index contributed by atoms with van der Waals surface area (Å²) in [6, 6.07) is 3.54. The van der Waals surface area contributed by atoms with Crippen LogP contribution in [0.4, 0.5) is 11.5 Å². The first-order valence-corrected chi connectivity index (χ1v) is 4.67. The third kappa shape index (κ3) is 2.00. The fourth-order valence-corrected chi connectivity index (χ4v) is 1.18. The molecule has 0 amide bonds. The predicted molar refractivity (Wildman–Crippen MR) is 60.3 cm³/mol. The van der Waals surface area contributed by atoms with Crippen LogP contribution >= 0.6 is 0 Å². The second kappa shape index (κ2) is 4.43. The monoisotopic (exact) mass is 217 g/mol. The molecule has 6 heteroatoms. The molecule has 0 aromatic carbocycles. The molecule has 0 saturated heterocycles. The summed E-state index contributed by atoms with van der Waals surface area (Å²) in [5, 5.41) is 2.85. The van der Waals surface area contributed by atoms with Gasteiger partial charge < -0.3 is 15.8 Å². The number of nitrogens with zero attached hydrogens (tertiary/aromatic N) is 3. The Balaban J connectivity index is 2.28. The third-order valence-electron chi connectivity index (χ3n) is 1.93. The fourth-order valence-electron chi connectivity index (χ4n) is 1.18. The highest BCUT2D eigenvalue weighted by Crippen LogP contribution is 2.28. The molecule has 0 bridgehead atoms. The van der Waals surface area contributed by atoms with Crippen molar-refractivity contribution in [1.82, 2.24) is 15.0 Å². The van der Waals surface area contributed by atoms with Crippen molar-refractivity contribution in [3.05, 3.63) is 30.9 Å². The second-order valence-corrected chi connectivity index (χ2v) is 2.98. The summed E-state index contributed by atoms with van der Waals surface area (Å²) >= 11 is 0. The Morgan fingerprint density at radius 3 is 2.94 bits per heavy atom. The first kappa shape index (κ1) is 10.2. The van der Waals surface area contributed by atoms with Crippen LogP contribution in [0.25, 0.3) is 0 Å². The minimum Gasteiger partial charge on any atom is -0.435 e.